The predicted octanol–water partition coefficient (Wildman–Crippen LogP) is 1.96. The molecule has 0 aliphatic carbocycles. The number of nitrogens with zero attached hydrogens (tertiary/aromatic N) is 2. The first kappa shape index (κ1) is 21.9. The molecule has 1 fully saturated rings. The molecular formula is C17H28ClN3O3S. The van der Waals surface area contributed by atoms with Crippen molar-refractivity contribution in [2.45, 2.75) is 37.6 Å². The maximum atomic E-state index is 12.6. The standard InChI is InChI=1S/C17H27N3O3S.ClH/c1-4-20(5-2)24(22,23)16-10-8-14(9-11-16)17(21)19-12-6-7-15(13-19)18-3;/h8-11,15,18H,4-7,12-13H2,1-3H3;1H. The number of amides is 1. The molecule has 0 radical (unpaired) electrons. The number of hydrogen-bond acceptors (Lipinski definition) is 4. The van der Waals surface area contributed by atoms with Crippen LogP contribution in [0, 0.1) is 0 Å². The second-order valence-electron chi connectivity index (χ2n) is 5.99. The molecule has 1 heterocycles. The normalized spacial score (nSPS) is 18.1. The molecule has 142 valence electrons. The summed E-state index contributed by atoms with van der Waals surface area (Å²) < 4.78 is 26.4. The van der Waals surface area contributed by atoms with Gasteiger partial charge >= 0.3 is 0 Å². The van der Waals surface area contributed by atoms with Gasteiger partial charge in [-0.1, -0.05) is 13.8 Å². The number of nitrogens with one attached hydrogen (secondary N) is 1. The molecule has 0 spiro atoms. The fourth-order valence-corrected chi connectivity index (χ4v) is 4.52. The van der Waals surface area contributed by atoms with E-state index in [0.717, 1.165) is 19.4 Å². The van der Waals surface area contributed by atoms with Gasteiger partial charge in [0.25, 0.3) is 5.91 Å². The van der Waals surface area contributed by atoms with Gasteiger partial charge in [0.15, 0.2) is 0 Å². The minimum absolute atomic E-state index is 0. The Morgan fingerprint density at radius 3 is 2.36 bits per heavy atom. The fraction of sp³-hybridized carbons (Fsp3) is 0.588. The number of likely N-dealkylation sites (tertiary alicyclic amines) is 1. The van der Waals surface area contributed by atoms with Gasteiger partial charge in [-0.2, -0.15) is 4.31 Å². The number of halogens is 1. The number of piperidine rings is 1. The molecule has 0 bridgehead atoms. The van der Waals surface area contributed by atoms with Crippen molar-refractivity contribution < 1.29 is 13.2 Å². The van der Waals surface area contributed by atoms with Crippen molar-refractivity contribution in [3.63, 3.8) is 0 Å². The van der Waals surface area contributed by atoms with E-state index in [2.05, 4.69) is 5.32 Å². The van der Waals surface area contributed by atoms with E-state index in [9.17, 15) is 13.2 Å². The molecule has 0 saturated carbocycles. The van der Waals surface area contributed by atoms with Crippen molar-refractivity contribution in [3.05, 3.63) is 29.8 Å². The van der Waals surface area contributed by atoms with E-state index in [0.29, 0.717) is 31.2 Å². The average Bonchev–Trinajstić information content (AvgIpc) is 2.62. The van der Waals surface area contributed by atoms with Gasteiger partial charge in [0.2, 0.25) is 10.0 Å². The molecule has 1 atom stereocenters. The molecule has 6 nitrogen and oxygen atoms in total. The molecule has 0 aromatic heterocycles. The maximum Gasteiger partial charge on any atom is 0.253 e. The Balaban J connectivity index is 0.00000312. The molecule has 1 unspecified atom stereocenters. The van der Waals surface area contributed by atoms with E-state index < -0.39 is 10.0 Å². The summed E-state index contributed by atoms with van der Waals surface area (Å²) in [5, 5.41) is 3.22. The Morgan fingerprint density at radius 1 is 1.24 bits per heavy atom. The van der Waals surface area contributed by atoms with E-state index in [1.54, 1.807) is 12.1 Å². The number of sulfonamides is 1. The van der Waals surface area contributed by atoms with Crippen LogP contribution in [0.4, 0.5) is 0 Å². The van der Waals surface area contributed by atoms with Gasteiger partial charge in [0, 0.05) is 37.8 Å². The maximum absolute atomic E-state index is 12.6. The van der Waals surface area contributed by atoms with Crippen molar-refractivity contribution >= 4 is 28.3 Å². The van der Waals surface area contributed by atoms with Crippen molar-refractivity contribution in [1.29, 1.82) is 0 Å². The summed E-state index contributed by atoms with van der Waals surface area (Å²) in [5.41, 5.74) is 0.533. The summed E-state index contributed by atoms with van der Waals surface area (Å²) in [5.74, 6) is -0.0401. The highest BCUT2D eigenvalue weighted by molar-refractivity contribution is 7.89. The topological polar surface area (TPSA) is 69.7 Å². The lowest BCUT2D eigenvalue weighted by molar-refractivity contribution is 0.0698. The molecule has 1 aromatic carbocycles. The Morgan fingerprint density at radius 2 is 1.84 bits per heavy atom. The number of carbonyl (C=O) groups is 1. The van der Waals surface area contributed by atoms with Gasteiger partial charge in [-0.15, -0.1) is 12.4 Å². The molecule has 1 aliphatic rings. The number of rotatable bonds is 6. The zero-order chi connectivity index (χ0) is 17.7. The lowest BCUT2D eigenvalue weighted by Crippen LogP contribution is -2.46. The van der Waals surface area contributed by atoms with Crippen LogP contribution in [-0.2, 0) is 10.0 Å². The minimum atomic E-state index is -3.48. The quantitative estimate of drug-likeness (QED) is 0.807. The predicted molar refractivity (Wildman–Crippen MR) is 102 cm³/mol. The zero-order valence-electron chi connectivity index (χ0n) is 15.1. The molecule has 25 heavy (non-hydrogen) atoms. The first-order chi connectivity index (χ1) is 11.4. The molecule has 1 amide bonds. The van der Waals surface area contributed by atoms with Crippen LogP contribution in [0.5, 0.6) is 0 Å². The zero-order valence-corrected chi connectivity index (χ0v) is 16.7. The number of likely N-dealkylation sites (N-methyl/N-ethyl adjacent to an activating group) is 1. The van der Waals surface area contributed by atoms with Crippen LogP contribution in [0.3, 0.4) is 0 Å². The Bertz CT molecular complexity index is 660. The third-order valence-electron chi connectivity index (χ3n) is 4.56. The first-order valence-electron chi connectivity index (χ1n) is 8.50. The van der Waals surface area contributed by atoms with E-state index >= 15 is 0 Å². The summed E-state index contributed by atoms with van der Waals surface area (Å²) in [7, 11) is -1.57. The van der Waals surface area contributed by atoms with E-state index in [-0.39, 0.29) is 23.2 Å². The summed E-state index contributed by atoms with van der Waals surface area (Å²) in [6.07, 6.45) is 2.05. The number of carbonyl (C=O) groups excluding carboxylic acids is 1. The lowest BCUT2D eigenvalue weighted by atomic mass is 10.0. The second kappa shape index (κ2) is 9.52. The highest BCUT2D eigenvalue weighted by atomic mass is 35.5. The third-order valence-corrected chi connectivity index (χ3v) is 6.63. The Kier molecular flexibility index (Phi) is 8.34. The molecule has 1 aliphatic heterocycles. The van der Waals surface area contributed by atoms with Gasteiger partial charge < -0.3 is 10.2 Å². The number of benzene rings is 1. The Labute approximate surface area is 157 Å². The van der Waals surface area contributed by atoms with E-state index in [4.69, 9.17) is 0 Å². The van der Waals surface area contributed by atoms with Crippen molar-refractivity contribution in [3.8, 4) is 0 Å². The summed E-state index contributed by atoms with van der Waals surface area (Å²) >= 11 is 0. The molecule has 1 aromatic rings. The van der Waals surface area contributed by atoms with Gasteiger partial charge in [0.05, 0.1) is 4.90 Å². The third kappa shape index (κ3) is 4.94. The largest absolute Gasteiger partial charge is 0.337 e. The molecule has 8 heteroatoms. The van der Waals surface area contributed by atoms with Crippen molar-refractivity contribution in [2.24, 2.45) is 0 Å². The van der Waals surface area contributed by atoms with Crippen LogP contribution >= 0.6 is 12.4 Å². The van der Waals surface area contributed by atoms with Crippen molar-refractivity contribution in [1.82, 2.24) is 14.5 Å². The van der Waals surface area contributed by atoms with Gasteiger partial charge in [-0.25, -0.2) is 8.42 Å². The van der Waals surface area contributed by atoms with Crippen LogP contribution in [0.15, 0.2) is 29.2 Å². The van der Waals surface area contributed by atoms with Gasteiger partial charge in [0.1, 0.15) is 0 Å². The van der Waals surface area contributed by atoms with Crippen LogP contribution in [-0.4, -0.2) is 62.8 Å². The van der Waals surface area contributed by atoms with E-state index in [1.807, 2.05) is 25.8 Å². The first-order valence-corrected chi connectivity index (χ1v) is 9.94. The minimum Gasteiger partial charge on any atom is -0.337 e. The van der Waals surface area contributed by atoms with Crippen LogP contribution in [0.1, 0.15) is 37.0 Å². The van der Waals surface area contributed by atoms with Gasteiger partial charge in [-0.05, 0) is 44.2 Å². The van der Waals surface area contributed by atoms with E-state index in [1.165, 1.54) is 16.4 Å². The fourth-order valence-electron chi connectivity index (χ4n) is 3.06. The highest BCUT2D eigenvalue weighted by Gasteiger charge is 2.25. The van der Waals surface area contributed by atoms with Crippen molar-refractivity contribution in [2.75, 3.05) is 33.2 Å². The molecule has 1 saturated heterocycles. The molecule has 1 N–H and O–H groups in total. The highest BCUT2D eigenvalue weighted by Crippen LogP contribution is 2.18. The summed E-state index contributed by atoms with van der Waals surface area (Å²) in [6.45, 7) is 5.92. The average molecular weight is 390 g/mol. The smallest absolute Gasteiger partial charge is 0.253 e. The SMILES string of the molecule is CCN(CC)S(=O)(=O)c1ccc(C(=O)N2CCCC(NC)C2)cc1.Cl. The van der Waals surface area contributed by atoms with Crippen LogP contribution in [0.2, 0.25) is 0 Å². The molecule has 2 rings (SSSR count). The molecular weight excluding hydrogens is 362 g/mol. The Hall–Kier alpha value is -1.15. The summed E-state index contributed by atoms with van der Waals surface area (Å²) in [4.78, 5) is 14.7. The van der Waals surface area contributed by atoms with Gasteiger partial charge in [-0.3, -0.25) is 4.79 Å². The van der Waals surface area contributed by atoms with Crippen LogP contribution < -0.4 is 5.32 Å². The lowest BCUT2D eigenvalue weighted by Gasteiger charge is -2.32. The van der Waals surface area contributed by atoms with Crippen LogP contribution in [0.25, 0.3) is 0 Å². The number of hydrogen-bond donors (Lipinski definition) is 1. The second-order valence-corrected chi connectivity index (χ2v) is 7.93. The summed E-state index contributed by atoms with van der Waals surface area (Å²) in [6, 6.07) is 6.61. The monoisotopic (exact) mass is 389 g/mol.